The van der Waals surface area contributed by atoms with Crippen LogP contribution in [-0.4, -0.2) is 21.8 Å². The molecule has 0 atom stereocenters. The van der Waals surface area contributed by atoms with E-state index in [2.05, 4.69) is 0 Å². The second-order valence-corrected chi connectivity index (χ2v) is 7.80. The fourth-order valence-corrected chi connectivity index (χ4v) is 7.49. The number of hydrogen-bond acceptors (Lipinski definition) is 1. The predicted molar refractivity (Wildman–Crippen MR) is 49.1 cm³/mol. The van der Waals surface area contributed by atoms with Crippen LogP contribution in [0.3, 0.4) is 0 Å². The van der Waals surface area contributed by atoms with Crippen LogP contribution in [0, 0.1) is 17.8 Å². The molecule has 3 saturated heterocycles. The summed E-state index contributed by atoms with van der Waals surface area (Å²) in [5.41, 5.74) is 0. The van der Waals surface area contributed by atoms with Gasteiger partial charge in [-0.15, -0.1) is 10.3 Å². The molecular weight excluding hydrogens is 156 g/mol. The molecule has 4 aliphatic rings. The second kappa shape index (κ2) is 1.97. The van der Waals surface area contributed by atoms with Gasteiger partial charge in [0.05, 0.1) is 0 Å². The minimum atomic E-state index is -1.04. The van der Waals surface area contributed by atoms with Crippen LogP contribution in [0.5, 0.6) is 0 Å². The van der Waals surface area contributed by atoms with Gasteiger partial charge in [-0.25, -0.2) is 0 Å². The highest BCUT2D eigenvalue weighted by Gasteiger charge is 2.47. The largest absolute Gasteiger partial charge is 0.351 e. The van der Waals surface area contributed by atoms with Gasteiger partial charge in [-0.2, -0.15) is 0 Å². The Kier molecular flexibility index (Phi) is 1.21. The predicted octanol–water partition coefficient (Wildman–Crippen LogP) is 2.32. The Hall–Kier alpha value is 0.310. The highest BCUT2D eigenvalue weighted by Crippen LogP contribution is 2.63. The molecule has 0 amide bonds. The molecular formula is C9H16OS. The van der Waals surface area contributed by atoms with Crippen LogP contribution >= 0.6 is 10.3 Å². The van der Waals surface area contributed by atoms with Crippen molar-refractivity contribution in [3.8, 4) is 0 Å². The maximum Gasteiger partial charge on any atom is 0.00164 e. The van der Waals surface area contributed by atoms with E-state index in [4.69, 9.17) is 0 Å². The minimum Gasteiger partial charge on any atom is -0.351 e. The molecule has 1 nitrogen and oxygen atoms in total. The third kappa shape index (κ3) is 0.955. The molecule has 4 bridgehead atoms. The Balaban J connectivity index is 1.94. The normalized spacial score (nSPS) is 66.1. The standard InChI is InChI=1S/C9H16OS/c10-11-4-7-1-8(5-11)3-9(2-7)6-11/h7-10H,1-6H2. The fourth-order valence-electron chi connectivity index (χ4n) is 3.63. The lowest BCUT2D eigenvalue weighted by molar-refractivity contribution is 0.204. The lowest BCUT2D eigenvalue weighted by Crippen LogP contribution is -2.45. The summed E-state index contributed by atoms with van der Waals surface area (Å²) in [5.74, 6) is 6.42. The van der Waals surface area contributed by atoms with Gasteiger partial charge in [0, 0.05) is 17.3 Å². The summed E-state index contributed by atoms with van der Waals surface area (Å²) < 4.78 is 10.2. The van der Waals surface area contributed by atoms with Crippen molar-refractivity contribution in [1.82, 2.24) is 0 Å². The van der Waals surface area contributed by atoms with E-state index < -0.39 is 10.3 Å². The van der Waals surface area contributed by atoms with E-state index in [1.165, 1.54) is 36.5 Å². The summed E-state index contributed by atoms with van der Waals surface area (Å²) >= 11 is 0. The van der Waals surface area contributed by atoms with Gasteiger partial charge in [-0.3, -0.25) is 0 Å². The molecule has 0 aromatic carbocycles. The van der Waals surface area contributed by atoms with Crippen molar-refractivity contribution in [2.45, 2.75) is 19.3 Å². The maximum atomic E-state index is 10.2. The van der Waals surface area contributed by atoms with E-state index in [0.29, 0.717) is 0 Å². The first-order valence-corrected chi connectivity index (χ1v) is 6.82. The topological polar surface area (TPSA) is 20.2 Å². The van der Waals surface area contributed by atoms with Crippen LogP contribution in [0.25, 0.3) is 0 Å². The molecule has 0 spiro atoms. The summed E-state index contributed by atoms with van der Waals surface area (Å²) in [7, 11) is -1.04. The molecule has 1 saturated carbocycles. The lowest BCUT2D eigenvalue weighted by atomic mass is 9.76. The van der Waals surface area contributed by atoms with Gasteiger partial charge < -0.3 is 4.55 Å². The van der Waals surface area contributed by atoms with Crippen LogP contribution in [-0.2, 0) is 0 Å². The van der Waals surface area contributed by atoms with Crippen LogP contribution < -0.4 is 0 Å². The molecule has 3 heterocycles. The zero-order valence-corrected chi connectivity index (χ0v) is 7.65. The van der Waals surface area contributed by atoms with Gasteiger partial charge >= 0.3 is 0 Å². The molecule has 1 aliphatic carbocycles. The first-order chi connectivity index (χ1) is 5.23. The van der Waals surface area contributed by atoms with E-state index in [-0.39, 0.29) is 0 Å². The highest BCUT2D eigenvalue weighted by molar-refractivity contribution is 8.29. The van der Waals surface area contributed by atoms with Crippen LogP contribution in [0.2, 0.25) is 0 Å². The van der Waals surface area contributed by atoms with Crippen LogP contribution in [0.1, 0.15) is 19.3 Å². The van der Waals surface area contributed by atoms with E-state index >= 15 is 0 Å². The van der Waals surface area contributed by atoms with Crippen molar-refractivity contribution in [2.24, 2.45) is 17.8 Å². The zero-order chi connectivity index (χ0) is 7.47. The third-order valence-electron chi connectivity index (χ3n) is 3.64. The third-order valence-corrected chi connectivity index (χ3v) is 6.91. The quantitative estimate of drug-likeness (QED) is 0.594. The van der Waals surface area contributed by atoms with Crippen molar-refractivity contribution in [1.29, 1.82) is 0 Å². The Labute approximate surface area is 69.7 Å². The molecule has 1 N–H and O–H groups in total. The van der Waals surface area contributed by atoms with Gasteiger partial charge in [0.25, 0.3) is 0 Å². The maximum absolute atomic E-state index is 10.2. The summed E-state index contributed by atoms with van der Waals surface area (Å²) in [4.78, 5) is 0. The lowest BCUT2D eigenvalue weighted by Gasteiger charge is -2.57. The van der Waals surface area contributed by atoms with Gasteiger partial charge in [-0.1, -0.05) is 0 Å². The van der Waals surface area contributed by atoms with Gasteiger partial charge in [0.1, 0.15) is 0 Å². The number of hydrogen-bond donors (Lipinski definition) is 1. The van der Waals surface area contributed by atoms with Gasteiger partial charge in [0.2, 0.25) is 0 Å². The van der Waals surface area contributed by atoms with Crippen LogP contribution in [0.4, 0.5) is 0 Å². The highest BCUT2D eigenvalue weighted by atomic mass is 32.3. The van der Waals surface area contributed by atoms with Crippen molar-refractivity contribution in [3.63, 3.8) is 0 Å². The molecule has 4 fully saturated rings. The van der Waals surface area contributed by atoms with E-state index in [1.54, 1.807) is 0 Å². The molecule has 0 unspecified atom stereocenters. The Morgan fingerprint density at radius 1 is 0.818 bits per heavy atom. The summed E-state index contributed by atoms with van der Waals surface area (Å²) in [6, 6.07) is 0. The molecule has 4 rings (SSSR count). The second-order valence-electron chi connectivity index (χ2n) is 4.80. The first kappa shape index (κ1) is 6.79. The average molecular weight is 172 g/mol. The van der Waals surface area contributed by atoms with Crippen molar-refractivity contribution < 1.29 is 4.55 Å². The Bertz CT molecular complexity index is 155. The summed E-state index contributed by atoms with van der Waals surface area (Å²) in [6.07, 6.45) is 4.35. The molecule has 3 aliphatic heterocycles. The first-order valence-electron chi connectivity index (χ1n) is 4.72. The van der Waals surface area contributed by atoms with Crippen molar-refractivity contribution >= 4 is 10.3 Å². The van der Waals surface area contributed by atoms with E-state index in [9.17, 15) is 4.55 Å². The van der Waals surface area contributed by atoms with E-state index in [1.807, 2.05) is 0 Å². The number of rotatable bonds is 0. The Morgan fingerprint density at radius 2 is 1.18 bits per heavy atom. The SMILES string of the molecule is OS12CC3CC(CC(C3)C1)C2. The Morgan fingerprint density at radius 3 is 1.45 bits per heavy atom. The molecule has 64 valence electrons. The van der Waals surface area contributed by atoms with Crippen LogP contribution in [0.15, 0.2) is 0 Å². The zero-order valence-electron chi connectivity index (χ0n) is 6.83. The fraction of sp³-hybridized carbons (Fsp3) is 1.00. The molecule has 0 aromatic heterocycles. The smallest absolute Gasteiger partial charge is 0.00164 e. The van der Waals surface area contributed by atoms with Gasteiger partial charge in [-0.05, 0) is 37.0 Å². The molecule has 2 heteroatoms. The molecule has 0 aromatic rings. The summed E-state index contributed by atoms with van der Waals surface area (Å²) in [6.45, 7) is 0. The minimum absolute atomic E-state index is 0.932. The average Bonchev–Trinajstić information content (AvgIpc) is 1.79. The van der Waals surface area contributed by atoms with Crippen molar-refractivity contribution in [3.05, 3.63) is 0 Å². The molecule has 11 heavy (non-hydrogen) atoms. The van der Waals surface area contributed by atoms with E-state index in [0.717, 1.165) is 17.8 Å². The van der Waals surface area contributed by atoms with Gasteiger partial charge in [0.15, 0.2) is 0 Å². The molecule has 0 radical (unpaired) electrons. The van der Waals surface area contributed by atoms with Crippen molar-refractivity contribution in [2.75, 3.05) is 17.3 Å². The monoisotopic (exact) mass is 172 g/mol. The summed E-state index contributed by atoms with van der Waals surface area (Å²) in [5, 5.41) is 0.